The molecule has 82 valence electrons. The molecule has 0 radical (unpaired) electrons. The first-order valence-electron chi connectivity index (χ1n) is 4.54. The third-order valence-corrected chi connectivity index (χ3v) is 2.68. The fourth-order valence-corrected chi connectivity index (χ4v) is 1.56. The van der Waals surface area contributed by atoms with Crippen LogP contribution in [0.25, 0.3) is 0 Å². The second kappa shape index (κ2) is 3.06. The summed E-state index contributed by atoms with van der Waals surface area (Å²) in [5.41, 5.74) is 5.09. The van der Waals surface area contributed by atoms with Gasteiger partial charge in [0.25, 0.3) is 0 Å². The van der Waals surface area contributed by atoms with Crippen molar-refractivity contribution in [2.75, 3.05) is 7.11 Å². The van der Waals surface area contributed by atoms with Gasteiger partial charge in [-0.1, -0.05) is 0 Å². The van der Waals surface area contributed by atoms with Gasteiger partial charge in [-0.2, -0.15) is 4.39 Å². The maximum atomic E-state index is 13.4. The Morgan fingerprint density at radius 3 is 2.53 bits per heavy atom. The monoisotopic (exact) mass is 215 g/mol. The Bertz CT molecular complexity index is 416. The van der Waals surface area contributed by atoms with E-state index in [0.29, 0.717) is 12.8 Å². The van der Waals surface area contributed by atoms with Crippen molar-refractivity contribution >= 4 is 0 Å². The van der Waals surface area contributed by atoms with Crippen LogP contribution in [0.2, 0.25) is 0 Å². The Labute approximate surface area is 85.5 Å². The average molecular weight is 215 g/mol. The van der Waals surface area contributed by atoms with Gasteiger partial charge in [-0.25, -0.2) is 4.39 Å². The number of hydrogen-bond acceptors (Lipinski definition) is 3. The summed E-state index contributed by atoms with van der Waals surface area (Å²) in [4.78, 5) is 0. The van der Waals surface area contributed by atoms with E-state index in [1.165, 1.54) is 0 Å². The van der Waals surface area contributed by atoms with Crippen LogP contribution in [-0.4, -0.2) is 12.2 Å². The third-order valence-electron chi connectivity index (χ3n) is 2.68. The van der Waals surface area contributed by atoms with Gasteiger partial charge in [0.05, 0.1) is 7.11 Å². The Morgan fingerprint density at radius 1 is 1.47 bits per heavy atom. The van der Waals surface area contributed by atoms with Gasteiger partial charge in [0.15, 0.2) is 17.3 Å². The minimum Gasteiger partial charge on any atom is -0.504 e. The van der Waals surface area contributed by atoms with Crippen LogP contribution >= 0.6 is 0 Å². The first-order chi connectivity index (χ1) is 6.99. The minimum absolute atomic E-state index is 0.110. The average Bonchev–Trinajstić information content (AvgIpc) is 2.92. The number of methoxy groups -OCH3 is 1. The highest BCUT2D eigenvalue weighted by atomic mass is 19.1. The fourth-order valence-electron chi connectivity index (χ4n) is 1.56. The molecule has 5 heteroatoms. The van der Waals surface area contributed by atoms with E-state index in [-0.39, 0.29) is 5.56 Å². The largest absolute Gasteiger partial charge is 0.504 e. The van der Waals surface area contributed by atoms with E-state index in [4.69, 9.17) is 5.73 Å². The summed E-state index contributed by atoms with van der Waals surface area (Å²) in [6.45, 7) is 0. The van der Waals surface area contributed by atoms with Gasteiger partial charge in [-0.3, -0.25) is 0 Å². The van der Waals surface area contributed by atoms with Gasteiger partial charge < -0.3 is 15.6 Å². The molecule has 1 saturated carbocycles. The lowest BCUT2D eigenvalue weighted by Crippen LogP contribution is -2.19. The molecule has 1 aromatic carbocycles. The molecule has 0 heterocycles. The molecule has 0 spiro atoms. The number of halogens is 2. The van der Waals surface area contributed by atoms with Gasteiger partial charge >= 0.3 is 0 Å². The quantitative estimate of drug-likeness (QED) is 0.788. The molecule has 1 aliphatic carbocycles. The summed E-state index contributed by atoms with van der Waals surface area (Å²) in [7, 11) is 1.13. The van der Waals surface area contributed by atoms with Crippen molar-refractivity contribution in [2.45, 2.75) is 18.4 Å². The molecule has 0 unspecified atom stereocenters. The van der Waals surface area contributed by atoms with Crippen LogP contribution in [-0.2, 0) is 5.54 Å². The maximum Gasteiger partial charge on any atom is 0.209 e. The van der Waals surface area contributed by atoms with E-state index in [1.54, 1.807) is 0 Å². The van der Waals surface area contributed by atoms with Crippen molar-refractivity contribution in [3.8, 4) is 11.5 Å². The molecule has 0 saturated heterocycles. The van der Waals surface area contributed by atoms with E-state index in [0.717, 1.165) is 13.2 Å². The summed E-state index contributed by atoms with van der Waals surface area (Å²) < 4.78 is 31.2. The maximum absolute atomic E-state index is 13.4. The number of benzene rings is 1. The number of ether oxygens (including phenoxy) is 1. The van der Waals surface area contributed by atoms with Crippen molar-refractivity contribution < 1.29 is 18.6 Å². The van der Waals surface area contributed by atoms with Gasteiger partial charge in [0, 0.05) is 11.1 Å². The first kappa shape index (κ1) is 10.2. The van der Waals surface area contributed by atoms with Crippen LogP contribution in [0.4, 0.5) is 8.78 Å². The molecule has 0 aliphatic heterocycles. The van der Waals surface area contributed by atoms with Crippen molar-refractivity contribution in [3.63, 3.8) is 0 Å². The van der Waals surface area contributed by atoms with Crippen LogP contribution in [0.15, 0.2) is 6.07 Å². The number of nitrogens with two attached hydrogens (primary N) is 1. The zero-order chi connectivity index (χ0) is 11.2. The molecule has 3 nitrogen and oxygen atoms in total. The van der Waals surface area contributed by atoms with E-state index >= 15 is 0 Å². The molecular formula is C10H11F2NO2. The Hall–Kier alpha value is -1.36. The van der Waals surface area contributed by atoms with Gasteiger partial charge in [0.1, 0.15) is 0 Å². The molecule has 1 aromatic rings. The lowest BCUT2D eigenvalue weighted by atomic mass is 10.0. The van der Waals surface area contributed by atoms with Crippen LogP contribution in [0.3, 0.4) is 0 Å². The topological polar surface area (TPSA) is 55.5 Å². The third kappa shape index (κ3) is 1.43. The Kier molecular flexibility index (Phi) is 2.08. The highest BCUT2D eigenvalue weighted by Gasteiger charge is 2.43. The number of phenols is 1. The molecule has 3 N–H and O–H groups in total. The summed E-state index contributed by atoms with van der Waals surface area (Å²) in [5, 5.41) is 9.51. The Balaban J connectivity index is 2.59. The summed E-state index contributed by atoms with van der Waals surface area (Å²) in [5.74, 6) is -3.14. The molecule has 0 amide bonds. The molecule has 1 aliphatic rings. The molecule has 2 rings (SSSR count). The minimum atomic E-state index is -1.09. The van der Waals surface area contributed by atoms with Crippen LogP contribution in [0.5, 0.6) is 11.5 Å². The molecule has 0 bridgehead atoms. The van der Waals surface area contributed by atoms with Crippen LogP contribution < -0.4 is 10.5 Å². The van der Waals surface area contributed by atoms with Gasteiger partial charge in [-0.15, -0.1) is 0 Å². The molecule has 1 fully saturated rings. The molecule has 0 aromatic heterocycles. The fraction of sp³-hybridized carbons (Fsp3) is 0.400. The molecular weight excluding hydrogens is 204 g/mol. The number of hydrogen-bond donors (Lipinski definition) is 2. The normalized spacial score (nSPS) is 17.6. The zero-order valence-corrected chi connectivity index (χ0v) is 8.18. The number of aromatic hydroxyl groups is 1. The highest BCUT2D eigenvalue weighted by Crippen LogP contribution is 2.48. The lowest BCUT2D eigenvalue weighted by Gasteiger charge is -2.14. The predicted octanol–water partition coefficient (Wildman–Crippen LogP) is 1.63. The second-order valence-corrected chi connectivity index (χ2v) is 3.76. The standard InChI is InChI=1S/C10H11F2NO2/c1-15-9-6(11)4-5(8(14)7(9)12)10(13)2-3-10/h4,14H,2-3,13H2,1H3. The van der Waals surface area contributed by atoms with E-state index in [1.807, 2.05) is 0 Å². The van der Waals surface area contributed by atoms with Gasteiger partial charge in [0.2, 0.25) is 5.82 Å². The van der Waals surface area contributed by atoms with Crippen LogP contribution in [0.1, 0.15) is 18.4 Å². The predicted molar refractivity (Wildman–Crippen MR) is 49.7 cm³/mol. The van der Waals surface area contributed by atoms with E-state index in [2.05, 4.69) is 4.74 Å². The Morgan fingerprint density at radius 2 is 2.07 bits per heavy atom. The summed E-state index contributed by atoms with van der Waals surface area (Å²) >= 11 is 0. The first-order valence-corrected chi connectivity index (χ1v) is 4.54. The SMILES string of the molecule is COc1c(F)cc(C2(N)CC2)c(O)c1F. The summed E-state index contributed by atoms with van der Waals surface area (Å²) in [6, 6.07) is 1.03. The lowest BCUT2D eigenvalue weighted by molar-refractivity contribution is 0.338. The number of rotatable bonds is 2. The zero-order valence-electron chi connectivity index (χ0n) is 8.18. The van der Waals surface area contributed by atoms with Gasteiger partial charge in [-0.05, 0) is 18.9 Å². The highest BCUT2D eigenvalue weighted by molar-refractivity contribution is 5.48. The second-order valence-electron chi connectivity index (χ2n) is 3.76. The molecule has 0 atom stereocenters. The number of phenolic OH excluding ortho intramolecular Hbond substituents is 1. The van der Waals surface area contributed by atoms with E-state index < -0.39 is 28.7 Å². The molecule has 15 heavy (non-hydrogen) atoms. The van der Waals surface area contributed by atoms with Crippen molar-refractivity contribution in [1.82, 2.24) is 0 Å². The smallest absolute Gasteiger partial charge is 0.209 e. The van der Waals surface area contributed by atoms with Crippen molar-refractivity contribution in [3.05, 3.63) is 23.3 Å². The van der Waals surface area contributed by atoms with E-state index in [9.17, 15) is 13.9 Å². The van der Waals surface area contributed by atoms with Crippen molar-refractivity contribution in [2.24, 2.45) is 5.73 Å². The summed E-state index contributed by atoms with van der Waals surface area (Å²) in [6.07, 6.45) is 1.23. The van der Waals surface area contributed by atoms with Crippen LogP contribution in [0, 0.1) is 11.6 Å². The van der Waals surface area contributed by atoms with Crippen molar-refractivity contribution in [1.29, 1.82) is 0 Å².